The molecule has 1 aromatic carbocycles. The first-order valence-electron chi connectivity index (χ1n) is 5.91. The molecule has 0 bridgehead atoms. The second kappa shape index (κ2) is 3.55. The van der Waals surface area contributed by atoms with Gasteiger partial charge in [-0.25, -0.2) is 0 Å². The molecule has 1 fully saturated rings. The van der Waals surface area contributed by atoms with Crippen molar-refractivity contribution < 1.29 is 4.74 Å². The van der Waals surface area contributed by atoms with Gasteiger partial charge in [0.05, 0.1) is 7.11 Å². The molecule has 2 nitrogen and oxygen atoms in total. The summed E-state index contributed by atoms with van der Waals surface area (Å²) < 4.78 is 5.63. The molecule has 1 saturated carbocycles. The van der Waals surface area contributed by atoms with Crippen molar-refractivity contribution in [3.63, 3.8) is 0 Å². The van der Waals surface area contributed by atoms with Crippen LogP contribution in [0.1, 0.15) is 24.0 Å². The van der Waals surface area contributed by atoms with Crippen LogP contribution < -0.4 is 5.32 Å². The fourth-order valence-corrected chi connectivity index (χ4v) is 2.45. The number of aryl methyl sites for hydroxylation is 1. The maximum Gasteiger partial charge on any atom is 0.129 e. The molecule has 1 aliphatic heterocycles. The Bertz CT molecular complexity index is 458. The Labute approximate surface area is 96.3 Å². The molecule has 0 spiro atoms. The van der Waals surface area contributed by atoms with Gasteiger partial charge in [-0.2, -0.15) is 0 Å². The van der Waals surface area contributed by atoms with Crippen LogP contribution in [0.3, 0.4) is 0 Å². The van der Waals surface area contributed by atoms with Gasteiger partial charge in [-0.05, 0) is 43.4 Å². The number of nitrogens with one attached hydrogen (secondary N) is 1. The molecule has 0 saturated heterocycles. The van der Waals surface area contributed by atoms with Crippen molar-refractivity contribution in [3.8, 4) is 0 Å². The van der Waals surface area contributed by atoms with Crippen molar-refractivity contribution >= 4 is 11.4 Å². The predicted octanol–water partition coefficient (Wildman–Crippen LogP) is 3.19. The summed E-state index contributed by atoms with van der Waals surface area (Å²) in [5.74, 6) is 1.87. The first-order valence-corrected chi connectivity index (χ1v) is 5.91. The van der Waals surface area contributed by atoms with E-state index < -0.39 is 0 Å². The molecule has 0 aromatic heterocycles. The van der Waals surface area contributed by atoms with Gasteiger partial charge >= 0.3 is 0 Å². The normalized spacial score (nSPS) is 19.1. The first kappa shape index (κ1) is 9.76. The maximum absolute atomic E-state index is 5.63. The van der Waals surface area contributed by atoms with Crippen LogP contribution in [0.2, 0.25) is 0 Å². The minimum Gasteiger partial charge on any atom is -0.496 e. The number of ether oxygens (including phenoxy) is 1. The van der Waals surface area contributed by atoms with E-state index in [1.54, 1.807) is 7.11 Å². The smallest absolute Gasteiger partial charge is 0.129 e. The van der Waals surface area contributed by atoms with E-state index >= 15 is 0 Å². The van der Waals surface area contributed by atoms with E-state index in [9.17, 15) is 0 Å². The van der Waals surface area contributed by atoms with E-state index in [0.717, 1.165) is 18.2 Å². The summed E-state index contributed by atoms with van der Waals surface area (Å²) in [7, 11) is 1.79. The lowest BCUT2D eigenvalue weighted by Gasteiger charge is -2.24. The maximum atomic E-state index is 5.63. The SMILES string of the molecule is COC1=C(C2CC2)CNc2ccc(C)cc21. The fourth-order valence-electron chi connectivity index (χ4n) is 2.45. The Morgan fingerprint density at radius 2 is 2.12 bits per heavy atom. The highest BCUT2D eigenvalue weighted by atomic mass is 16.5. The summed E-state index contributed by atoms with van der Waals surface area (Å²) in [4.78, 5) is 0. The Morgan fingerprint density at radius 1 is 1.31 bits per heavy atom. The number of fused-ring (bicyclic) bond motifs is 1. The van der Waals surface area contributed by atoms with E-state index in [-0.39, 0.29) is 0 Å². The minimum atomic E-state index is 0.760. The number of rotatable bonds is 2. The molecule has 1 N–H and O–H groups in total. The van der Waals surface area contributed by atoms with Gasteiger partial charge < -0.3 is 10.1 Å². The Hall–Kier alpha value is -1.44. The van der Waals surface area contributed by atoms with Gasteiger partial charge in [0.25, 0.3) is 0 Å². The summed E-state index contributed by atoms with van der Waals surface area (Å²) in [6.45, 7) is 3.07. The fraction of sp³-hybridized carbons (Fsp3) is 0.429. The molecule has 3 rings (SSSR count). The number of benzene rings is 1. The summed E-state index contributed by atoms with van der Waals surface area (Å²) >= 11 is 0. The highest BCUT2D eigenvalue weighted by Gasteiger charge is 2.32. The van der Waals surface area contributed by atoms with Crippen molar-refractivity contribution in [2.24, 2.45) is 5.92 Å². The van der Waals surface area contributed by atoms with Crippen molar-refractivity contribution in [2.45, 2.75) is 19.8 Å². The van der Waals surface area contributed by atoms with Crippen LogP contribution in [0.4, 0.5) is 5.69 Å². The number of hydrogen-bond donors (Lipinski definition) is 1. The van der Waals surface area contributed by atoms with E-state index in [0.29, 0.717) is 0 Å². The average molecular weight is 215 g/mol. The molecular formula is C14H17NO. The highest BCUT2D eigenvalue weighted by Crippen LogP contribution is 2.43. The standard InChI is InChI=1S/C14H17NO/c1-9-3-6-13-11(7-9)14(16-2)12(8-15-13)10-4-5-10/h3,6-7,10,15H,4-5,8H2,1-2H3. The molecule has 0 amide bonds. The topological polar surface area (TPSA) is 21.3 Å². The van der Waals surface area contributed by atoms with Crippen LogP contribution >= 0.6 is 0 Å². The molecule has 1 aromatic rings. The van der Waals surface area contributed by atoms with Gasteiger partial charge in [-0.1, -0.05) is 11.6 Å². The third-order valence-electron chi connectivity index (χ3n) is 3.45. The quantitative estimate of drug-likeness (QED) is 0.818. The van der Waals surface area contributed by atoms with Gasteiger partial charge in [-0.15, -0.1) is 0 Å². The van der Waals surface area contributed by atoms with E-state index in [1.807, 2.05) is 0 Å². The second-order valence-corrected chi connectivity index (χ2v) is 4.74. The van der Waals surface area contributed by atoms with E-state index in [4.69, 9.17) is 4.74 Å². The third-order valence-corrected chi connectivity index (χ3v) is 3.45. The Kier molecular flexibility index (Phi) is 2.16. The average Bonchev–Trinajstić information content (AvgIpc) is 3.11. The van der Waals surface area contributed by atoms with Crippen LogP contribution in [0.5, 0.6) is 0 Å². The molecule has 84 valence electrons. The zero-order chi connectivity index (χ0) is 11.1. The molecular weight excluding hydrogens is 198 g/mol. The van der Waals surface area contributed by atoms with Gasteiger partial charge in [0.1, 0.15) is 5.76 Å². The Balaban J connectivity index is 2.12. The molecule has 2 aliphatic rings. The van der Waals surface area contributed by atoms with Crippen molar-refractivity contribution in [3.05, 3.63) is 34.9 Å². The minimum absolute atomic E-state index is 0.760. The summed E-state index contributed by atoms with van der Waals surface area (Å²) in [5.41, 5.74) is 5.18. The van der Waals surface area contributed by atoms with Crippen LogP contribution in [-0.2, 0) is 4.74 Å². The molecule has 1 aliphatic carbocycles. The second-order valence-electron chi connectivity index (χ2n) is 4.74. The first-order chi connectivity index (χ1) is 7.79. The third kappa shape index (κ3) is 1.49. The number of anilines is 1. The van der Waals surface area contributed by atoms with Gasteiger partial charge in [0, 0.05) is 17.8 Å². The lowest BCUT2D eigenvalue weighted by atomic mass is 9.97. The van der Waals surface area contributed by atoms with Crippen LogP contribution in [0.25, 0.3) is 5.76 Å². The monoisotopic (exact) mass is 215 g/mol. The van der Waals surface area contributed by atoms with Gasteiger partial charge in [0.2, 0.25) is 0 Å². The lowest BCUT2D eigenvalue weighted by Crippen LogP contribution is -2.16. The summed E-state index contributed by atoms with van der Waals surface area (Å²) in [5, 5.41) is 3.49. The largest absolute Gasteiger partial charge is 0.496 e. The molecule has 0 atom stereocenters. The molecule has 0 unspecified atom stereocenters. The van der Waals surface area contributed by atoms with Crippen molar-refractivity contribution in [1.82, 2.24) is 0 Å². The molecule has 0 radical (unpaired) electrons. The predicted molar refractivity (Wildman–Crippen MR) is 66.3 cm³/mol. The Morgan fingerprint density at radius 3 is 2.81 bits per heavy atom. The zero-order valence-corrected chi connectivity index (χ0v) is 9.84. The highest BCUT2D eigenvalue weighted by molar-refractivity contribution is 5.79. The molecule has 16 heavy (non-hydrogen) atoms. The number of hydrogen-bond acceptors (Lipinski definition) is 2. The number of methoxy groups -OCH3 is 1. The van der Waals surface area contributed by atoms with Gasteiger partial charge in [-0.3, -0.25) is 0 Å². The summed E-state index contributed by atoms with van der Waals surface area (Å²) in [6.07, 6.45) is 2.65. The lowest BCUT2D eigenvalue weighted by molar-refractivity contribution is 0.364. The van der Waals surface area contributed by atoms with Crippen molar-refractivity contribution in [2.75, 3.05) is 19.0 Å². The van der Waals surface area contributed by atoms with Crippen LogP contribution in [-0.4, -0.2) is 13.7 Å². The summed E-state index contributed by atoms with van der Waals surface area (Å²) in [6, 6.07) is 6.50. The molecule has 2 heteroatoms. The van der Waals surface area contributed by atoms with Crippen LogP contribution in [0, 0.1) is 12.8 Å². The van der Waals surface area contributed by atoms with E-state index in [1.165, 1.54) is 35.2 Å². The van der Waals surface area contributed by atoms with Gasteiger partial charge in [0.15, 0.2) is 0 Å². The zero-order valence-electron chi connectivity index (χ0n) is 9.84. The van der Waals surface area contributed by atoms with Crippen molar-refractivity contribution in [1.29, 1.82) is 0 Å². The van der Waals surface area contributed by atoms with Crippen LogP contribution in [0.15, 0.2) is 23.8 Å². The van der Waals surface area contributed by atoms with E-state index in [2.05, 4.69) is 30.4 Å². The molecule has 1 heterocycles.